The van der Waals surface area contributed by atoms with Crippen LogP contribution in [0.25, 0.3) is 6.08 Å². The van der Waals surface area contributed by atoms with E-state index in [-0.39, 0.29) is 5.91 Å². The van der Waals surface area contributed by atoms with Crippen LogP contribution in [0.2, 0.25) is 0 Å². The lowest BCUT2D eigenvalue weighted by molar-refractivity contribution is -0.116. The molecular weight excluding hydrogens is 220 g/mol. The molecular formula is C12H18N2OS. The predicted octanol–water partition coefficient (Wildman–Crippen LogP) is 1.88. The standard InChI is InChI=1S/C12H18N2OS/c1-10(2)13-7-8-14-12(15)6-5-11-4-3-9-16-11/h3-6,9-10,13H,7-8H2,1-2H3,(H,14,15). The molecule has 1 aromatic rings. The van der Waals surface area contributed by atoms with Crippen molar-refractivity contribution in [3.63, 3.8) is 0 Å². The maximum absolute atomic E-state index is 11.4. The lowest BCUT2D eigenvalue weighted by atomic mass is 10.4. The Bertz CT molecular complexity index is 331. The molecule has 0 saturated heterocycles. The van der Waals surface area contributed by atoms with Crippen LogP contribution in [0.5, 0.6) is 0 Å². The van der Waals surface area contributed by atoms with Crippen LogP contribution >= 0.6 is 11.3 Å². The van der Waals surface area contributed by atoms with E-state index in [4.69, 9.17) is 0 Å². The maximum atomic E-state index is 11.4. The second-order valence-electron chi connectivity index (χ2n) is 3.75. The van der Waals surface area contributed by atoms with Crippen molar-refractivity contribution in [2.24, 2.45) is 0 Å². The van der Waals surface area contributed by atoms with Crippen molar-refractivity contribution in [1.82, 2.24) is 10.6 Å². The Morgan fingerprint density at radius 3 is 2.94 bits per heavy atom. The smallest absolute Gasteiger partial charge is 0.244 e. The van der Waals surface area contributed by atoms with Crippen molar-refractivity contribution in [2.45, 2.75) is 19.9 Å². The Balaban J connectivity index is 2.16. The summed E-state index contributed by atoms with van der Waals surface area (Å²) in [6, 6.07) is 4.40. The molecule has 0 aliphatic rings. The maximum Gasteiger partial charge on any atom is 0.244 e. The highest BCUT2D eigenvalue weighted by Gasteiger charge is 1.95. The molecule has 88 valence electrons. The fourth-order valence-corrected chi connectivity index (χ4v) is 1.77. The van der Waals surface area contributed by atoms with Gasteiger partial charge in [0.15, 0.2) is 0 Å². The van der Waals surface area contributed by atoms with Crippen molar-refractivity contribution in [1.29, 1.82) is 0 Å². The number of hydrogen-bond acceptors (Lipinski definition) is 3. The summed E-state index contributed by atoms with van der Waals surface area (Å²) in [7, 11) is 0. The summed E-state index contributed by atoms with van der Waals surface area (Å²) in [5, 5.41) is 8.04. The average molecular weight is 238 g/mol. The lowest BCUT2D eigenvalue weighted by Gasteiger charge is -2.07. The molecule has 3 nitrogen and oxygen atoms in total. The van der Waals surface area contributed by atoms with Crippen LogP contribution in [0.15, 0.2) is 23.6 Å². The minimum atomic E-state index is -0.0426. The number of amides is 1. The summed E-state index contributed by atoms with van der Waals surface area (Å²) >= 11 is 1.62. The van der Waals surface area contributed by atoms with Gasteiger partial charge in [0, 0.05) is 30.1 Å². The highest BCUT2D eigenvalue weighted by atomic mass is 32.1. The van der Waals surface area contributed by atoms with Gasteiger partial charge in [0.2, 0.25) is 5.91 Å². The second kappa shape index (κ2) is 7.19. The Morgan fingerprint density at radius 1 is 1.50 bits per heavy atom. The van der Waals surface area contributed by atoms with Gasteiger partial charge >= 0.3 is 0 Å². The quantitative estimate of drug-likeness (QED) is 0.587. The molecule has 0 aliphatic heterocycles. The van der Waals surface area contributed by atoms with Crippen LogP contribution in [0.1, 0.15) is 18.7 Å². The Hall–Kier alpha value is -1.13. The van der Waals surface area contributed by atoms with E-state index in [1.807, 2.05) is 23.6 Å². The van der Waals surface area contributed by atoms with Gasteiger partial charge in [0.05, 0.1) is 0 Å². The fraction of sp³-hybridized carbons (Fsp3) is 0.417. The molecule has 4 heteroatoms. The van der Waals surface area contributed by atoms with Gasteiger partial charge in [0.1, 0.15) is 0 Å². The van der Waals surface area contributed by atoms with E-state index in [2.05, 4.69) is 24.5 Å². The first-order valence-corrected chi connectivity index (χ1v) is 6.29. The van der Waals surface area contributed by atoms with E-state index in [1.54, 1.807) is 17.4 Å². The third kappa shape index (κ3) is 5.68. The van der Waals surface area contributed by atoms with E-state index in [1.165, 1.54) is 0 Å². The molecule has 0 aromatic carbocycles. The van der Waals surface area contributed by atoms with Gasteiger partial charge in [-0.25, -0.2) is 0 Å². The van der Waals surface area contributed by atoms with Crippen molar-refractivity contribution < 1.29 is 4.79 Å². The minimum Gasteiger partial charge on any atom is -0.351 e. The molecule has 1 aromatic heterocycles. The van der Waals surface area contributed by atoms with E-state index in [0.717, 1.165) is 11.4 Å². The van der Waals surface area contributed by atoms with Gasteiger partial charge in [-0.15, -0.1) is 11.3 Å². The summed E-state index contributed by atoms with van der Waals surface area (Å²) in [6.45, 7) is 5.62. The molecule has 0 radical (unpaired) electrons. The molecule has 0 bridgehead atoms. The number of nitrogens with one attached hydrogen (secondary N) is 2. The molecule has 0 saturated carbocycles. The molecule has 16 heavy (non-hydrogen) atoms. The summed E-state index contributed by atoms with van der Waals surface area (Å²) in [5.41, 5.74) is 0. The van der Waals surface area contributed by atoms with E-state index < -0.39 is 0 Å². The number of thiophene rings is 1. The average Bonchev–Trinajstić information content (AvgIpc) is 2.74. The second-order valence-corrected chi connectivity index (χ2v) is 4.73. The highest BCUT2D eigenvalue weighted by Crippen LogP contribution is 2.09. The third-order valence-corrected chi connectivity index (χ3v) is 2.76. The molecule has 0 unspecified atom stereocenters. The van der Waals surface area contributed by atoms with Crippen molar-refractivity contribution in [3.05, 3.63) is 28.5 Å². The van der Waals surface area contributed by atoms with Gasteiger partial charge in [0.25, 0.3) is 0 Å². The summed E-state index contributed by atoms with van der Waals surface area (Å²) in [5.74, 6) is -0.0426. The van der Waals surface area contributed by atoms with Crippen LogP contribution in [-0.4, -0.2) is 25.0 Å². The molecule has 1 amide bonds. The molecule has 2 N–H and O–H groups in total. The molecule has 0 fully saturated rings. The number of rotatable bonds is 6. The van der Waals surface area contributed by atoms with Crippen LogP contribution in [0, 0.1) is 0 Å². The molecule has 0 aliphatic carbocycles. The van der Waals surface area contributed by atoms with Crippen LogP contribution in [-0.2, 0) is 4.79 Å². The zero-order valence-electron chi connectivity index (χ0n) is 9.69. The molecule has 1 rings (SSSR count). The van der Waals surface area contributed by atoms with Crippen LogP contribution in [0.4, 0.5) is 0 Å². The van der Waals surface area contributed by atoms with Gasteiger partial charge in [-0.1, -0.05) is 19.9 Å². The zero-order chi connectivity index (χ0) is 11.8. The SMILES string of the molecule is CC(C)NCCNC(=O)C=Cc1cccs1. The van der Waals surface area contributed by atoms with Crippen LogP contribution < -0.4 is 10.6 Å². The molecule has 0 atom stereocenters. The van der Waals surface area contributed by atoms with Gasteiger partial charge in [-0.05, 0) is 17.5 Å². The Labute approximate surface area is 101 Å². The summed E-state index contributed by atoms with van der Waals surface area (Å²) in [6.07, 6.45) is 3.40. The van der Waals surface area contributed by atoms with Crippen molar-refractivity contribution in [3.8, 4) is 0 Å². The topological polar surface area (TPSA) is 41.1 Å². The summed E-state index contributed by atoms with van der Waals surface area (Å²) < 4.78 is 0. The van der Waals surface area contributed by atoms with Crippen molar-refractivity contribution >= 4 is 23.3 Å². The van der Waals surface area contributed by atoms with Crippen LogP contribution in [0.3, 0.4) is 0 Å². The third-order valence-electron chi connectivity index (χ3n) is 1.92. The Morgan fingerprint density at radius 2 is 2.31 bits per heavy atom. The predicted molar refractivity (Wildman–Crippen MR) is 69.5 cm³/mol. The summed E-state index contributed by atoms with van der Waals surface area (Å²) in [4.78, 5) is 12.5. The normalized spacial score (nSPS) is 11.2. The van der Waals surface area contributed by atoms with Gasteiger partial charge < -0.3 is 10.6 Å². The first kappa shape index (κ1) is 12.9. The number of carbonyl (C=O) groups excluding carboxylic acids is 1. The highest BCUT2D eigenvalue weighted by molar-refractivity contribution is 7.10. The Kier molecular flexibility index (Phi) is 5.82. The molecule has 1 heterocycles. The monoisotopic (exact) mass is 238 g/mol. The molecule has 0 spiro atoms. The lowest BCUT2D eigenvalue weighted by Crippen LogP contribution is -2.33. The van der Waals surface area contributed by atoms with E-state index >= 15 is 0 Å². The first-order valence-electron chi connectivity index (χ1n) is 5.41. The minimum absolute atomic E-state index is 0.0426. The van der Waals surface area contributed by atoms with E-state index in [0.29, 0.717) is 12.6 Å². The first-order chi connectivity index (χ1) is 7.68. The fourth-order valence-electron chi connectivity index (χ4n) is 1.15. The van der Waals surface area contributed by atoms with Gasteiger partial charge in [-0.3, -0.25) is 4.79 Å². The van der Waals surface area contributed by atoms with E-state index in [9.17, 15) is 4.79 Å². The van der Waals surface area contributed by atoms with Gasteiger partial charge in [-0.2, -0.15) is 0 Å². The zero-order valence-corrected chi connectivity index (χ0v) is 10.5. The van der Waals surface area contributed by atoms with Crippen molar-refractivity contribution in [2.75, 3.05) is 13.1 Å². The number of hydrogen-bond donors (Lipinski definition) is 2. The number of carbonyl (C=O) groups is 1. The largest absolute Gasteiger partial charge is 0.351 e.